The largest absolute Gasteiger partial charge is 0.495 e. The molecule has 1 saturated heterocycles. The quantitative estimate of drug-likeness (QED) is 0.772. The minimum atomic E-state index is 0.486. The predicted molar refractivity (Wildman–Crippen MR) is 58.2 cm³/mol. The van der Waals surface area contributed by atoms with E-state index in [4.69, 9.17) is 22.1 Å². The molecule has 0 spiro atoms. The van der Waals surface area contributed by atoms with Gasteiger partial charge in [-0.2, -0.15) is 0 Å². The van der Waals surface area contributed by atoms with Gasteiger partial charge in [0.1, 0.15) is 5.75 Å². The molecule has 1 aliphatic heterocycles. The van der Waals surface area contributed by atoms with E-state index in [1.807, 2.05) is 18.2 Å². The Labute approximate surface area is 88.4 Å². The summed E-state index contributed by atoms with van der Waals surface area (Å²) in [5.41, 5.74) is 6.67. The molecule has 0 radical (unpaired) electrons. The molecule has 4 heteroatoms. The highest BCUT2D eigenvalue weighted by Gasteiger charge is 2.32. The molecule has 1 aliphatic rings. The van der Waals surface area contributed by atoms with Crippen molar-refractivity contribution in [2.75, 3.05) is 25.1 Å². The van der Waals surface area contributed by atoms with Crippen LogP contribution in [-0.2, 0) is 0 Å². The molecule has 1 heterocycles. The van der Waals surface area contributed by atoms with Crippen LogP contribution in [0.15, 0.2) is 18.2 Å². The van der Waals surface area contributed by atoms with Gasteiger partial charge in [-0.25, -0.2) is 0 Å². The molecule has 1 unspecified atom stereocenters. The van der Waals surface area contributed by atoms with Crippen molar-refractivity contribution in [3.8, 4) is 5.75 Å². The lowest BCUT2D eigenvalue weighted by atomic mass is 10.3. The molecule has 3 nitrogen and oxygen atoms in total. The van der Waals surface area contributed by atoms with Crippen LogP contribution in [0.4, 0.5) is 5.69 Å². The van der Waals surface area contributed by atoms with E-state index in [1.165, 1.54) is 0 Å². The molecule has 0 aliphatic carbocycles. The van der Waals surface area contributed by atoms with Crippen LogP contribution in [-0.4, -0.2) is 26.2 Å². The zero-order chi connectivity index (χ0) is 10.1. The Morgan fingerprint density at radius 3 is 2.93 bits per heavy atom. The third-order valence-corrected chi connectivity index (χ3v) is 2.75. The van der Waals surface area contributed by atoms with Crippen LogP contribution in [0, 0.1) is 0 Å². The van der Waals surface area contributed by atoms with Gasteiger partial charge in [-0.05, 0) is 18.2 Å². The second-order valence-corrected chi connectivity index (χ2v) is 3.77. The highest BCUT2D eigenvalue weighted by molar-refractivity contribution is 6.32. The molecule has 0 aromatic heterocycles. The first-order valence-corrected chi connectivity index (χ1v) is 4.94. The van der Waals surface area contributed by atoms with Gasteiger partial charge >= 0.3 is 0 Å². The van der Waals surface area contributed by atoms with Gasteiger partial charge < -0.3 is 15.4 Å². The number of benzene rings is 1. The van der Waals surface area contributed by atoms with Gasteiger partial charge in [0.2, 0.25) is 0 Å². The summed E-state index contributed by atoms with van der Waals surface area (Å²) < 4.78 is 5.08. The lowest BCUT2D eigenvalue weighted by Gasteiger charge is -2.07. The molecule has 2 rings (SSSR count). The molecule has 1 aromatic rings. The molecular formula is C10H13ClN2O. The summed E-state index contributed by atoms with van der Waals surface area (Å²) in [6, 6.07) is 6.28. The summed E-state index contributed by atoms with van der Waals surface area (Å²) >= 11 is 6.01. The van der Waals surface area contributed by atoms with Crippen LogP contribution in [0.5, 0.6) is 5.75 Å². The summed E-state index contributed by atoms with van der Waals surface area (Å²) in [7, 11) is 1.61. The zero-order valence-corrected chi connectivity index (χ0v) is 8.79. The number of hydrogen-bond acceptors (Lipinski definition) is 3. The number of hydrogen-bond donors (Lipinski definition) is 1. The smallest absolute Gasteiger partial charge is 0.137 e. The molecule has 0 amide bonds. The van der Waals surface area contributed by atoms with Crippen LogP contribution in [0.25, 0.3) is 0 Å². The predicted octanol–water partition coefficient (Wildman–Crippen LogP) is 1.50. The number of nitrogens with two attached hydrogens (primary N) is 1. The average molecular weight is 213 g/mol. The maximum atomic E-state index is 6.01. The van der Waals surface area contributed by atoms with E-state index in [9.17, 15) is 0 Å². The zero-order valence-electron chi connectivity index (χ0n) is 8.03. The fourth-order valence-electron chi connectivity index (χ4n) is 1.53. The summed E-state index contributed by atoms with van der Waals surface area (Å²) in [6.45, 7) is 1.73. The standard InChI is InChI=1S/C10H13ClN2O/c1-14-10-3-2-7(4-9(10)11)13-6-8(13)5-12/h2-4,8H,5-6,12H2,1H3. The van der Waals surface area contributed by atoms with Crippen LogP contribution in [0.2, 0.25) is 5.02 Å². The minimum Gasteiger partial charge on any atom is -0.495 e. The molecule has 76 valence electrons. The number of anilines is 1. The molecule has 0 bridgehead atoms. The van der Waals surface area contributed by atoms with Crippen molar-refractivity contribution in [1.29, 1.82) is 0 Å². The Hall–Kier alpha value is -0.930. The molecule has 1 aromatic carbocycles. The van der Waals surface area contributed by atoms with Crippen LogP contribution in [0.3, 0.4) is 0 Å². The molecule has 1 fully saturated rings. The Morgan fingerprint density at radius 2 is 2.43 bits per heavy atom. The molecule has 1 atom stereocenters. The number of halogens is 1. The van der Waals surface area contributed by atoms with Gasteiger partial charge in [0.25, 0.3) is 0 Å². The molecular weight excluding hydrogens is 200 g/mol. The topological polar surface area (TPSA) is 38.3 Å². The highest BCUT2D eigenvalue weighted by atomic mass is 35.5. The monoisotopic (exact) mass is 212 g/mol. The SMILES string of the molecule is COc1ccc(N2CC2CN)cc1Cl. The third-order valence-electron chi connectivity index (χ3n) is 2.45. The van der Waals surface area contributed by atoms with Gasteiger partial charge in [-0.15, -0.1) is 0 Å². The maximum Gasteiger partial charge on any atom is 0.137 e. The Morgan fingerprint density at radius 1 is 1.64 bits per heavy atom. The van der Waals surface area contributed by atoms with E-state index < -0.39 is 0 Å². The van der Waals surface area contributed by atoms with E-state index in [0.717, 1.165) is 12.2 Å². The summed E-state index contributed by atoms with van der Waals surface area (Å²) in [5.74, 6) is 0.710. The first-order chi connectivity index (χ1) is 6.76. The number of nitrogens with zero attached hydrogens (tertiary/aromatic N) is 1. The summed E-state index contributed by atoms with van der Waals surface area (Å²) in [4.78, 5) is 2.21. The van der Waals surface area contributed by atoms with Gasteiger partial charge in [-0.1, -0.05) is 11.6 Å². The normalized spacial score (nSPS) is 19.6. The number of rotatable bonds is 3. The Bertz CT molecular complexity index is 343. The van der Waals surface area contributed by atoms with Crippen LogP contribution < -0.4 is 15.4 Å². The van der Waals surface area contributed by atoms with E-state index in [1.54, 1.807) is 7.11 Å². The van der Waals surface area contributed by atoms with Crippen molar-refractivity contribution in [2.45, 2.75) is 6.04 Å². The van der Waals surface area contributed by atoms with Gasteiger partial charge in [0.15, 0.2) is 0 Å². The highest BCUT2D eigenvalue weighted by Crippen LogP contribution is 2.33. The maximum absolute atomic E-state index is 6.01. The molecule has 0 saturated carbocycles. The first-order valence-electron chi connectivity index (χ1n) is 4.56. The number of ether oxygens (including phenoxy) is 1. The second-order valence-electron chi connectivity index (χ2n) is 3.36. The van der Waals surface area contributed by atoms with Crippen molar-refractivity contribution in [1.82, 2.24) is 0 Å². The van der Waals surface area contributed by atoms with Crippen LogP contribution >= 0.6 is 11.6 Å². The van der Waals surface area contributed by atoms with Crippen molar-refractivity contribution in [3.05, 3.63) is 23.2 Å². The molecule has 2 N–H and O–H groups in total. The summed E-state index contributed by atoms with van der Waals surface area (Å²) in [6.07, 6.45) is 0. The minimum absolute atomic E-state index is 0.486. The van der Waals surface area contributed by atoms with Crippen molar-refractivity contribution >= 4 is 17.3 Å². The van der Waals surface area contributed by atoms with E-state index in [0.29, 0.717) is 23.4 Å². The lowest BCUT2D eigenvalue weighted by Crippen LogP contribution is -2.11. The van der Waals surface area contributed by atoms with E-state index in [2.05, 4.69) is 4.90 Å². The van der Waals surface area contributed by atoms with Crippen molar-refractivity contribution in [3.63, 3.8) is 0 Å². The Balaban J connectivity index is 2.17. The third kappa shape index (κ3) is 1.65. The summed E-state index contributed by atoms with van der Waals surface area (Å²) in [5, 5.41) is 0.646. The van der Waals surface area contributed by atoms with Gasteiger partial charge in [-0.3, -0.25) is 0 Å². The fraction of sp³-hybridized carbons (Fsp3) is 0.400. The van der Waals surface area contributed by atoms with Gasteiger partial charge in [0.05, 0.1) is 18.2 Å². The number of methoxy groups -OCH3 is 1. The average Bonchev–Trinajstić information content (AvgIpc) is 2.96. The van der Waals surface area contributed by atoms with E-state index in [-0.39, 0.29) is 0 Å². The fourth-order valence-corrected chi connectivity index (χ4v) is 1.78. The van der Waals surface area contributed by atoms with Crippen LogP contribution in [0.1, 0.15) is 0 Å². The van der Waals surface area contributed by atoms with Gasteiger partial charge in [0, 0.05) is 18.8 Å². The Kier molecular flexibility index (Phi) is 2.52. The second kappa shape index (κ2) is 3.67. The van der Waals surface area contributed by atoms with E-state index >= 15 is 0 Å². The van der Waals surface area contributed by atoms with Crippen molar-refractivity contribution < 1.29 is 4.74 Å². The first kappa shape index (κ1) is 9.62. The molecule has 14 heavy (non-hydrogen) atoms. The lowest BCUT2D eigenvalue weighted by molar-refractivity contribution is 0.415. The van der Waals surface area contributed by atoms with Crippen molar-refractivity contribution in [2.24, 2.45) is 5.73 Å².